The maximum absolute atomic E-state index is 13.1. The monoisotopic (exact) mass is 327 g/mol. The molecule has 2 aromatic carbocycles. The second kappa shape index (κ2) is 6.83. The molecular weight excluding hydrogens is 315 g/mol. The van der Waals surface area contributed by atoms with Crippen molar-refractivity contribution in [1.82, 2.24) is 0 Å². The van der Waals surface area contributed by atoms with Gasteiger partial charge in [-0.05, 0) is 42.0 Å². The van der Waals surface area contributed by atoms with Crippen LogP contribution < -0.4 is 4.74 Å². The Morgan fingerprint density at radius 3 is 2.14 bits per heavy atom. The number of halogens is 4. The molecule has 0 amide bonds. The Balaban J connectivity index is 2.28. The van der Waals surface area contributed by atoms with E-state index in [1.54, 1.807) is 36.4 Å². The van der Waals surface area contributed by atoms with E-state index in [-0.39, 0.29) is 12.1 Å². The lowest BCUT2D eigenvalue weighted by atomic mass is 10.1. The van der Waals surface area contributed by atoms with Gasteiger partial charge in [0.2, 0.25) is 0 Å². The van der Waals surface area contributed by atoms with Gasteiger partial charge >= 0.3 is 6.18 Å². The normalized spacial score (nSPS) is 12.3. The molecule has 2 aromatic rings. The number of aliphatic imine (C=N–C) groups is 1. The third-order valence-electron chi connectivity index (χ3n) is 2.95. The van der Waals surface area contributed by atoms with Gasteiger partial charge in [-0.25, -0.2) is 4.99 Å². The standard InChI is InChI=1S/C16H13ClF3NO/c1-22-14-8-6-13(7-9-14)21-15(16(18,19)20)10-11-2-4-12(17)5-3-11/h2-9H,10H2,1H3. The lowest BCUT2D eigenvalue weighted by Crippen LogP contribution is -2.25. The Bertz CT molecular complexity index is 649. The van der Waals surface area contributed by atoms with Crippen molar-refractivity contribution in [3.63, 3.8) is 0 Å². The fraction of sp³-hybridized carbons (Fsp3) is 0.188. The third kappa shape index (κ3) is 4.49. The smallest absolute Gasteiger partial charge is 0.429 e. The first-order valence-electron chi connectivity index (χ1n) is 6.42. The first-order valence-corrected chi connectivity index (χ1v) is 6.79. The van der Waals surface area contributed by atoms with Crippen LogP contribution in [0, 0.1) is 0 Å². The van der Waals surface area contributed by atoms with Crippen molar-refractivity contribution < 1.29 is 17.9 Å². The van der Waals surface area contributed by atoms with Crippen LogP contribution in [0.5, 0.6) is 5.75 Å². The molecule has 0 heterocycles. The Kier molecular flexibility index (Phi) is 5.08. The zero-order valence-electron chi connectivity index (χ0n) is 11.7. The Morgan fingerprint density at radius 2 is 1.64 bits per heavy atom. The lowest BCUT2D eigenvalue weighted by Gasteiger charge is -2.11. The fourth-order valence-corrected chi connectivity index (χ4v) is 1.94. The average Bonchev–Trinajstić information content (AvgIpc) is 2.48. The Morgan fingerprint density at radius 1 is 1.05 bits per heavy atom. The van der Waals surface area contributed by atoms with Gasteiger partial charge in [0, 0.05) is 11.4 Å². The fourth-order valence-electron chi connectivity index (χ4n) is 1.81. The predicted molar refractivity (Wildman–Crippen MR) is 81.3 cm³/mol. The van der Waals surface area contributed by atoms with Crippen LogP contribution >= 0.6 is 11.6 Å². The zero-order valence-corrected chi connectivity index (χ0v) is 12.4. The molecule has 2 rings (SSSR count). The quantitative estimate of drug-likeness (QED) is 0.705. The minimum atomic E-state index is -4.50. The molecule has 0 bridgehead atoms. The number of benzene rings is 2. The summed E-state index contributed by atoms with van der Waals surface area (Å²) < 4.78 is 44.4. The van der Waals surface area contributed by atoms with Crippen molar-refractivity contribution in [3.8, 4) is 5.75 Å². The van der Waals surface area contributed by atoms with Gasteiger partial charge in [0.1, 0.15) is 11.5 Å². The highest BCUT2D eigenvalue weighted by molar-refractivity contribution is 6.30. The molecule has 2 nitrogen and oxygen atoms in total. The number of alkyl halides is 3. The van der Waals surface area contributed by atoms with Crippen LogP contribution in [-0.2, 0) is 6.42 Å². The summed E-state index contributed by atoms with van der Waals surface area (Å²) in [6.45, 7) is 0. The van der Waals surface area contributed by atoms with Crippen LogP contribution in [-0.4, -0.2) is 19.0 Å². The van der Waals surface area contributed by atoms with Crippen LogP contribution in [0.25, 0.3) is 0 Å². The molecule has 0 aliphatic carbocycles. The maximum atomic E-state index is 13.1. The van der Waals surface area contributed by atoms with E-state index in [0.29, 0.717) is 16.3 Å². The summed E-state index contributed by atoms with van der Waals surface area (Å²) in [4.78, 5) is 3.73. The second-order valence-electron chi connectivity index (χ2n) is 4.56. The van der Waals surface area contributed by atoms with Gasteiger partial charge in [0.05, 0.1) is 12.8 Å². The van der Waals surface area contributed by atoms with E-state index in [0.717, 1.165) is 0 Å². The van der Waals surface area contributed by atoms with Crippen LogP contribution in [0.4, 0.5) is 18.9 Å². The molecule has 0 atom stereocenters. The largest absolute Gasteiger partial charge is 0.497 e. The summed E-state index contributed by atoms with van der Waals surface area (Å²) in [7, 11) is 1.49. The van der Waals surface area contributed by atoms with Gasteiger partial charge in [0.25, 0.3) is 0 Å². The molecule has 116 valence electrons. The number of hydrogen-bond acceptors (Lipinski definition) is 2. The topological polar surface area (TPSA) is 21.6 Å². The van der Waals surface area contributed by atoms with E-state index in [2.05, 4.69) is 4.99 Å². The van der Waals surface area contributed by atoms with Crippen molar-refractivity contribution in [1.29, 1.82) is 0 Å². The van der Waals surface area contributed by atoms with Gasteiger partial charge < -0.3 is 4.74 Å². The summed E-state index contributed by atoms with van der Waals surface area (Å²) in [5.74, 6) is 0.560. The summed E-state index contributed by atoms with van der Waals surface area (Å²) in [5.41, 5.74) is -0.143. The van der Waals surface area contributed by atoms with Crippen molar-refractivity contribution >= 4 is 23.0 Å². The van der Waals surface area contributed by atoms with Gasteiger partial charge in [-0.3, -0.25) is 0 Å². The highest BCUT2D eigenvalue weighted by Gasteiger charge is 2.35. The van der Waals surface area contributed by atoms with Crippen molar-refractivity contribution in [2.24, 2.45) is 4.99 Å². The van der Waals surface area contributed by atoms with Crippen molar-refractivity contribution in [2.45, 2.75) is 12.6 Å². The van der Waals surface area contributed by atoms with Crippen molar-refractivity contribution in [2.75, 3.05) is 7.11 Å². The van der Waals surface area contributed by atoms with E-state index >= 15 is 0 Å². The molecule has 0 saturated heterocycles. The van der Waals surface area contributed by atoms with Crippen LogP contribution in [0.2, 0.25) is 5.02 Å². The number of ether oxygens (including phenoxy) is 1. The number of nitrogens with zero attached hydrogens (tertiary/aromatic N) is 1. The van der Waals surface area contributed by atoms with E-state index < -0.39 is 11.9 Å². The predicted octanol–water partition coefficient (Wildman–Crippen LogP) is 5.23. The van der Waals surface area contributed by atoms with Crippen LogP contribution in [0.1, 0.15) is 5.56 Å². The molecule has 0 N–H and O–H groups in total. The number of hydrogen-bond donors (Lipinski definition) is 0. The lowest BCUT2D eigenvalue weighted by molar-refractivity contribution is -0.0600. The average molecular weight is 328 g/mol. The summed E-state index contributed by atoms with van der Waals surface area (Å²) in [6.07, 6.45) is -4.81. The van der Waals surface area contributed by atoms with Gasteiger partial charge in [-0.1, -0.05) is 23.7 Å². The summed E-state index contributed by atoms with van der Waals surface area (Å²) >= 11 is 5.73. The first-order chi connectivity index (χ1) is 10.4. The van der Waals surface area contributed by atoms with Crippen LogP contribution in [0.3, 0.4) is 0 Å². The zero-order chi connectivity index (χ0) is 16.2. The molecule has 0 aliphatic rings. The molecule has 0 spiro atoms. The van der Waals surface area contributed by atoms with Crippen molar-refractivity contribution in [3.05, 3.63) is 59.1 Å². The van der Waals surface area contributed by atoms with Crippen LogP contribution in [0.15, 0.2) is 53.5 Å². The second-order valence-corrected chi connectivity index (χ2v) is 4.99. The molecule has 6 heteroatoms. The van der Waals surface area contributed by atoms with E-state index in [4.69, 9.17) is 16.3 Å². The molecule has 22 heavy (non-hydrogen) atoms. The SMILES string of the molecule is COc1ccc(N=C(Cc2ccc(Cl)cc2)C(F)(F)F)cc1. The maximum Gasteiger partial charge on any atom is 0.429 e. The minimum absolute atomic E-state index is 0.224. The molecule has 0 radical (unpaired) electrons. The molecule has 0 unspecified atom stereocenters. The molecule has 0 aliphatic heterocycles. The molecule has 0 fully saturated rings. The van der Waals surface area contributed by atoms with E-state index in [1.165, 1.54) is 19.2 Å². The summed E-state index contributed by atoms with van der Waals surface area (Å²) in [5, 5.41) is 0.476. The van der Waals surface area contributed by atoms with Gasteiger partial charge in [-0.15, -0.1) is 0 Å². The third-order valence-corrected chi connectivity index (χ3v) is 3.20. The van der Waals surface area contributed by atoms with E-state index in [1.807, 2.05) is 0 Å². The van der Waals surface area contributed by atoms with Gasteiger partial charge in [0.15, 0.2) is 0 Å². The van der Waals surface area contributed by atoms with Gasteiger partial charge in [-0.2, -0.15) is 13.2 Å². The highest BCUT2D eigenvalue weighted by Crippen LogP contribution is 2.25. The Labute approximate surface area is 131 Å². The number of rotatable bonds is 4. The Hall–Kier alpha value is -2.01. The summed E-state index contributed by atoms with van der Waals surface area (Å²) in [6, 6.07) is 12.3. The molecule has 0 aromatic heterocycles. The number of methoxy groups -OCH3 is 1. The van der Waals surface area contributed by atoms with E-state index in [9.17, 15) is 13.2 Å². The minimum Gasteiger partial charge on any atom is -0.497 e. The highest BCUT2D eigenvalue weighted by atomic mass is 35.5. The molecule has 0 saturated carbocycles. The first kappa shape index (κ1) is 16.4. The molecular formula is C16H13ClF3NO.